The normalized spacial score (nSPS) is 18.4. The molecule has 2 aliphatic heterocycles. The van der Waals surface area contributed by atoms with Gasteiger partial charge in [-0.25, -0.2) is 13.1 Å². The van der Waals surface area contributed by atoms with Crippen molar-refractivity contribution in [3.63, 3.8) is 0 Å². The maximum atomic E-state index is 12.6. The number of nitrogens with one attached hydrogen (secondary N) is 2. The number of hydrogen-bond acceptors (Lipinski definition) is 6. The number of amides is 1. The monoisotopic (exact) mass is 418 g/mol. The zero-order valence-corrected chi connectivity index (χ0v) is 16.5. The van der Waals surface area contributed by atoms with E-state index < -0.39 is 15.9 Å². The van der Waals surface area contributed by atoms with Crippen molar-refractivity contribution in [3.8, 4) is 11.5 Å². The van der Waals surface area contributed by atoms with Crippen LogP contribution in [0.3, 0.4) is 0 Å². The molecular weight excluding hydrogens is 396 g/mol. The van der Waals surface area contributed by atoms with E-state index in [1.165, 1.54) is 12.1 Å². The summed E-state index contributed by atoms with van der Waals surface area (Å²) in [4.78, 5) is 12.6. The highest BCUT2D eigenvalue weighted by Gasteiger charge is 2.21. The van der Waals surface area contributed by atoms with Crippen LogP contribution in [0.4, 0.5) is 5.69 Å². The molecule has 0 aromatic heterocycles. The topological polar surface area (TPSA) is 103 Å². The predicted molar refractivity (Wildman–Crippen MR) is 106 cm³/mol. The third kappa shape index (κ3) is 4.69. The first kappa shape index (κ1) is 19.7. The van der Waals surface area contributed by atoms with Gasteiger partial charge in [-0.15, -0.1) is 0 Å². The maximum Gasteiger partial charge on any atom is 0.255 e. The van der Waals surface area contributed by atoms with Gasteiger partial charge in [0.15, 0.2) is 11.5 Å². The first-order chi connectivity index (χ1) is 14.0. The molecule has 2 heterocycles. The molecular formula is C20H22N2O6S. The standard InChI is InChI=1S/C20H22N2O6S/c23-20(22-15-6-7-18-19(12-15)28-10-9-27-18)14-3-1-5-17(11-14)29(24,25)21-13-16-4-2-8-26-16/h1,3,5-7,11-12,16,21H,2,4,8-10,13H2,(H,22,23). The molecule has 2 N–H and O–H groups in total. The van der Waals surface area contributed by atoms with Gasteiger partial charge in [0.1, 0.15) is 13.2 Å². The lowest BCUT2D eigenvalue weighted by atomic mass is 10.2. The molecule has 2 aromatic rings. The van der Waals surface area contributed by atoms with Crippen molar-refractivity contribution in [2.24, 2.45) is 0 Å². The van der Waals surface area contributed by atoms with E-state index in [2.05, 4.69) is 10.0 Å². The van der Waals surface area contributed by atoms with Gasteiger partial charge in [0, 0.05) is 30.5 Å². The van der Waals surface area contributed by atoms with Crippen molar-refractivity contribution in [2.45, 2.75) is 23.8 Å². The third-order valence-electron chi connectivity index (χ3n) is 4.73. The SMILES string of the molecule is O=C(Nc1ccc2c(c1)OCCO2)c1cccc(S(=O)(=O)NCC2CCCO2)c1. The van der Waals surface area contributed by atoms with Crippen LogP contribution in [0, 0.1) is 0 Å². The molecule has 4 rings (SSSR count). The summed E-state index contributed by atoms with van der Waals surface area (Å²) in [6, 6.07) is 11.0. The van der Waals surface area contributed by atoms with Gasteiger partial charge < -0.3 is 19.5 Å². The van der Waals surface area contributed by atoms with Crippen molar-refractivity contribution < 1.29 is 27.4 Å². The minimum Gasteiger partial charge on any atom is -0.486 e. The van der Waals surface area contributed by atoms with Crippen LogP contribution in [0.15, 0.2) is 47.4 Å². The van der Waals surface area contributed by atoms with Crippen molar-refractivity contribution in [1.29, 1.82) is 0 Å². The van der Waals surface area contributed by atoms with Crippen LogP contribution in [-0.2, 0) is 14.8 Å². The molecule has 0 spiro atoms. The minimum atomic E-state index is -3.74. The van der Waals surface area contributed by atoms with E-state index in [4.69, 9.17) is 14.2 Å². The second-order valence-corrected chi connectivity index (χ2v) is 8.59. The first-order valence-electron chi connectivity index (χ1n) is 9.44. The molecule has 1 atom stereocenters. The van der Waals surface area contributed by atoms with Crippen molar-refractivity contribution in [3.05, 3.63) is 48.0 Å². The second kappa shape index (κ2) is 8.40. The highest BCUT2D eigenvalue weighted by Crippen LogP contribution is 2.32. The quantitative estimate of drug-likeness (QED) is 0.745. The van der Waals surface area contributed by atoms with E-state index in [1.54, 1.807) is 30.3 Å². The lowest BCUT2D eigenvalue weighted by Crippen LogP contribution is -2.32. The third-order valence-corrected chi connectivity index (χ3v) is 6.15. The van der Waals surface area contributed by atoms with Crippen molar-refractivity contribution in [2.75, 3.05) is 31.7 Å². The highest BCUT2D eigenvalue weighted by molar-refractivity contribution is 7.89. The van der Waals surface area contributed by atoms with Crippen LogP contribution < -0.4 is 19.5 Å². The molecule has 1 amide bonds. The molecule has 154 valence electrons. The summed E-state index contributed by atoms with van der Waals surface area (Å²) in [7, 11) is -3.74. The summed E-state index contributed by atoms with van der Waals surface area (Å²) in [6.45, 7) is 1.81. The number of anilines is 1. The van der Waals surface area contributed by atoms with E-state index in [1.807, 2.05) is 0 Å². The molecule has 1 saturated heterocycles. The van der Waals surface area contributed by atoms with Crippen LogP contribution in [0.2, 0.25) is 0 Å². The largest absolute Gasteiger partial charge is 0.486 e. The molecule has 9 heteroatoms. The average molecular weight is 418 g/mol. The molecule has 8 nitrogen and oxygen atoms in total. The molecule has 0 radical (unpaired) electrons. The molecule has 29 heavy (non-hydrogen) atoms. The van der Waals surface area contributed by atoms with Gasteiger partial charge in [0.05, 0.1) is 11.0 Å². The number of fused-ring (bicyclic) bond motifs is 1. The number of carbonyl (C=O) groups excluding carboxylic acids is 1. The van der Waals surface area contributed by atoms with Crippen molar-refractivity contribution in [1.82, 2.24) is 4.72 Å². The maximum absolute atomic E-state index is 12.6. The summed E-state index contributed by atoms with van der Waals surface area (Å²) < 4.78 is 44.1. The minimum absolute atomic E-state index is 0.0327. The summed E-state index contributed by atoms with van der Waals surface area (Å²) >= 11 is 0. The fraction of sp³-hybridized carbons (Fsp3) is 0.350. The number of carbonyl (C=O) groups is 1. The number of benzene rings is 2. The van der Waals surface area contributed by atoms with Gasteiger partial charge in [-0.3, -0.25) is 4.79 Å². The van der Waals surface area contributed by atoms with Crippen LogP contribution in [0.1, 0.15) is 23.2 Å². The summed E-state index contributed by atoms with van der Waals surface area (Å²) in [5.41, 5.74) is 0.767. The second-order valence-electron chi connectivity index (χ2n) is 6.83. The van der Waals surface area contributed by atoms with Crippen LogP contribution in [-0.4, -0.2) is 46.8 Å². The van der Waals surface area contributed by atoms with E-state index >= 15 is 0 Å². The van der Waals surface area contributed by atoms with E-state index in [9.17, 15) is 13.2 Å². The highest BCUT2D eigenvalue weighted by atomic mass is 32.2. The zero-order chi connectivity index (χ0) is 20.3. The van der Waals surface area contributed by atoms with E-state index in [-0.39, 0.29) is 23.1 Å². The van der Waals surface area contributed by atoms with E-state index in [0.717, 1.165) is 12.8 Å². The van der Waals surface area contributed by atoms with E-state index in [0.29, 0.717) is 37.0 Å². The van der Waals surface area contributed by atoms with Gasteiger partial charge in [-0.2, -0.15) is 0 Å². The Kier molecular flexibility index (Phi) is 5.70. The smallest absolute Gasteiger partial charge is 0.255 e. The Hall–Kier alpha value is -2.62. The first-order valence-corrected chi connectivity index (χ1v) is 10.9. The summed E-state index contributed by atoms with van der Waals surface area (Å²) in [6.07, 6.45) is 1.66. The Labute approximate surface area is 169 Å². The van der Waals surface area contributed by atoms with Crippen molar-refractivity contribution >= 4 is 21.6 Å². The number of sulfonamides is 1. The van der Waals surface area contributed by atoms with Gasteiger partial charge >= 0.3 is 0 Å². The number of rotatable bonds is 6. The fourth-order valence-corrected chi connectivity index (χ4v) is 4.33. The Bertz CT molecular complexity index is 1000. The zero-order valence-electron chi connectivity index (χ0n) is 15.7. The fourth-order valence-electron chi connectivity index (χ4n) is 3.22. The summed E-state index contributed by atoms with van der Waals surface area (Å²) in [5, 5.41) is 2.75. The predicted octanol–water partition coefficient (Wildman–Crippen LogP) is 2.17. The van der Waals surface area contributed by atoms with Crippen LogP contribution >= 0.6 is 0 Å². The van der Waals surface area contributed by atoms with Gasteiger partial charge in [0.2, 0.25) is 10.0 Å². The lowest BCUT2D eigenvalue weighted by Gasteiger charge is -2.19. The van der Waals surface area contributed by atoms with Gasteiger partial charge in [0.25, 0.3) is 5.91 Å². The Balaban J connectivity index is 1.45. The molecule has 1 unspecified atom stereocenters. The average Bonchev–Trinajstić information content (AvgIpc) is 3.26. The van der Waals surface area contributed by atoms with Crippen LogP contribution in [0.5, 0.6) is 11.5 Å². The molecule has 2 aliphatic rings. The Morgan fingerprint density at radius 3 is 2.66 bits per heavy atom. The molecule has 0 aliphatic carbocycles. The molecule has 2 aromatic carbocycles. The Morgan fingerprint density at radius 2 is 1.86 bits per heavy atom. The molecule has 0 bridgehead atoms. The van der Waals surface area contributed by atoms with Gasteiger partial charge in [-0.1, -0.05) is 6.07 Å². The number of ether oxygens (including phenoxy) is 3. The Morgan fingerprint density at radius 1 is 1.03 bits per heavy atom. The van der Waals surface area contributed by atoms with Gasteiger partial charge in [-0.05, 0) is 43.2 Å². The van der Waals surface area contributed by atoms with Crippen LogP contribution in [0.25, 0.3) is 0 Å². The lowest BCUT2D eigenvalue weighted by molar-refractivity contribution is 0.102. The number of hydrogen-bond donors (Lipinski definition) is 2. The molecule has 0 saturated carbocycles. The molecule has 1 fully saturated rings. The summed E-state index contributed by atoms with van der Waals surface area (Å²) in [5.74, 6) is 0.765.